The predicted octanol–water partition coefficient (Wildman–Crippen LogP) is 1.20. The van der Waals surface area contributed by atoms with Crippen LogP contribution in [0.4, 0.5) is 0 Å². The Bertz CT molecular complexity index is 204. The molecule has 0 aliphatic carbocycles. The SMILES string of the molecule is CC(C)(C)N1CCOC12CCNCC2. The summed E-state index contributed by atoms with van der Waals surface area (Å²) in [5.41, 5.74) is 0.275. The first kappa shape index (κ1) is 10.4. The first-order chi connectivity index (χ1) is 6.55. The van der Waals surface area contributed by atoms with Gasteiger partial charge in [-0.05, 0) is 33.9 Å². The molecule has 2 aliphatic rings. The summed E-state index contributed by atoms with van der Waals surface area (Å²) in [6.45, 7) is 11.0. The highest BCUT2D eigenvalue weighted by Crippen LogP contribution is 2.37. The van der Waals surface area contributed by atoms with Crippen molar-refractivity contribution in [1.29, 1.82) is 0 Å². The molecule has 0 aromatic rings. The van der Waals surface area contributed by atoms with Gasteiger partial charge in [0, 0.05) is 24.9 Å². The molecular formula is C11H22N2O. The third kappa shape index (κ3) is 1.69. The second-order valence-electron chi connectivity index (χ2n) is 5.37. The first-order valence-corrected chi connectivity index (χ1v) is 5.67. The minimum atomic E-state index is 0.0451. The van der Waals surface area contributed by atoms with Gasteiger partial charge in [-0.2, -0.15) is 0 Å². The van der Waals surface area contributed by atoms with Crippen molar-refractivity contribution in [2.45, 2.75) is 44.9 Å². The summed E-state index contributed by atoms with van der Waals surface area (Å²) in [4.78, 5) is 2.54. The molecule has 0 aromatic carbocycles. The van der Waals surface area contributed by atoms with Crippen LogP contribution in [0, 0.1) is 0 Å². The quantitative estimate of drug-likeness (QED) is 0.633. The number of rotatable bonds is 0. The minimum Gasteiger partial charge on any atom is -0.359 e. The summed E-state index contributed by atoms with van der Waals surface area (Å²) >= 11 is 0. The highest BCUT2D eigenvalue weighted by atomic mass is 16.5. The van der Waals surface area contributed by atoms with Crippen molar-refractivity contribution in [1.82, 2.24) is 10.2 Å². The highest BCUT2D eigenvalue weighted by Gasteiger charge is 2.47. The highest BCUT2D eigenvalue weighted by molar-refractivity contribution is 4.96. The Morgan fingerprint density at radius 2 is 1.86 bits per heavy atom. The van der Waals surface area contributed by atoms with E-state index in [0.29, 0.717) is 0 Å². The molecular weight excluding hydrogens is 176 g/mol. The Morgan fingerprint density at radius 1 is 1.21 bits per heavy atom. The number of nitrogens with zero attached hydrogens (tertiary/aromatic N) is 1. The van der Waals surface area contributed by atoms with Gasteiger partial charge in [0.2, 0.25) is 0 Å². The van der Waals surface area contributed by atoms with Crippen molar-refractivity contribution < 1.29 is 4.74 Å². The van der Waals surface area contributed by atoms with E-state index in [1.165, 1.54) is 0 Å². The van der Waals surface area contributed by atoms with Crippen molar-refractivity contribution in [3.05, 3.63) is 0 Å². The van der Waals surface area contributed by atoms with E-state index in [-0.39, 0.29) is 11.3 Å². The van der Waals surface area contributed by atoms with E-state index < -0.39 is 0 Å². The largest absolute Gasteiger partial charge is 0.359 e. The van der Waals surface area contributed by atoms with Crippen molar-refractivity contribution in [2.75, 3.05) is 26.2 Å². The number of piperidine rings is 1. The van der Waals surface area contributed by atoms with Gasteiger partial charge in [-0.1, -0.05) is 0 Å². The summed E-state index contributed by atoms with van der Waals surface area (Å²) in [5.74, 6) is 0. The lowest BCUT2D eigenvalue weighted by Crippen LogP contribution is -2.58. The van der Waals surface area contributed by atoms with Gasteiger partial charge in [0.05, 0.1) is 6.61 Å². The summed E-state index contributed by atoms with van der Waals surface area (Å²) in [6, 6.07) is 0. The number of ether oxygens (including phenoxy) is 1. The molecule has 2 rings (SSSR count). The van der Waals surface area contributed by atoms with Crippen LogP contribution in [-0.2, 0) is 4.74 Å². The molecule has 0 radical (unpaired) electrons. The Kier molecular flexibility index (Phi) is 2.58. The monoisotopic (exact) mass is 198 g/mol. The molecule has 2 saturated heterocycles. The maximum atomic E-state index is 6.01. The van der Waals surface area contributed by atoms with Gasteiger partial charge in [-0.15, -0.1) is 0 Å². The fourth-order valence-electron chi connectivity index (χ4n) is 2.79. The average molecular weight is 198 g/mol. The second-order valence-corrected chi connectivity index (χ2v) is 5.37. The molecule has 1 spiro atoms. The number of nitrogens with one attached hydrogen (secondary N) is 1. The standard InChI is InChI=1S/C11H22N2O/c1-10(2,3)13-8-9-14-11(13)4-6-12-7-5-11/h12H,4-9H2,1-3H3. The zero-order valence-electron chi connectivity index (χ0n) is 9.60. The fraction of sp³-hybridized carbons (Fsp3) is 1.00. The van der Waals surface area contributed by atoms with Crippen molar-refractivity contribution in [2.24, 2.45) is 0 Å². The van der Waals surface area contributed by atoms with Crippen molar-refractivity contribution in [3.8, 4) is 0 Å². The summed E-state index contributed by atoms with van der Waals surface area (Å²) in [6.07, 6.45) is 2.26. The van der Waals surface area contributed by atoms with Gasteiger partial charge in [-0.3, -0.25) is 4.90 Å². The van der Waals surface area contributed by atoms with Crippen LogP contribution in [0.3, 0.4) is 0 Å². The second kappa shape index (κ2) is 3.47. The minimum absolute atomic E-state index is 0.0451. The third-order valence-electron chi connectivity index (χ3n) is 3.37. The summed E-state index contributed by atoms with van der Waals surface area (Å²) in [5, 5.41) is 3.40. The van der Waals surface area contributed by atoms with Crippen LogP contribution in [0.25, 0.3) is 0 Å². The molecule has 0 aromatic heterocycles. The van der Waals surface area contributed by atoms with E-state index in [1.54, 1.807) is 0 Å². The topological polar surface area (TPSA) is 24.5 Å². The molecule has 0 unspecified atom stereocenters. The zero-order chi connectivity index (χ0) is 10.2. The molecule has 3 heteroatoms. The number of hydrogen-bond donors (Lipinski definition) is 1. The van der Waals surface area contributed by atoms with Crippen LogP contribution in [0.2, 0.25) is 0 Å². The molecule has 0 atom stereocenters. The molecule has 1 N–H and O–H groups in total. The molecule has 2 heterocycles. The first-order valence-electron chi connectivity index (χ1n) is 5.67. The van der Waals surface area contributed by atoms with Gasteiger partial charge in [-0.25, -0.2) is 0 Å². The molecule has 14 heavy (non-hydrogen) atoms. The molecule has 3 nitrogen and oxygen atoms in total. The lowest BCUT2D eigenvalue weighted by Gasteiger charge is -2.46. The molecule has 0 saturated carbocycles. The van der Waals surface area contributed by atoms with Gasteiger partial charge < -0.3 is 10.1 Å². The maximum Gasteiger partial charge on any atom is 0.124 e. The Labute approximate surface area is 86.8 Å². The third-order valence-corrected chi connectivity index (χ3v) is 3.37. The fourth-order valence-corrected chi connectivity index (χ4v) is 2.79. The van der Waals surface area contributed by atoms with Crippen molar-refractivity contribution >= 4 is 0 Å². The maximum absolute atomic E-state index is 6.01. The van der Waals surface area contributed by atoms with Gasteiger partial charge in [0.1, 0.15) is 5.72 Å². The Balaban J connectivity index is 2.16. The van der Waals surface area contributed by atoms with Gasteiger partial charge in [0.15, 0.2) is 0 Å². The van der Waals surface area contributed by atoms with E-state index in [1.807, 2.05) is 0 Å². The Morgan fingerprint density at radius 3 is 2.43 bits per heavy atom. The number of hydrogen-bond acceptors (Lipinski definition) is 3. The summed E-state index contributed by atoms with van der Waals surface area (Å²) in [7, 11) is 0. The van der Waals surface area contributed by atoms with E-state index >= 15 is 0 Å². The zero-order valence-corrected chi connectivity index (χ0v) is 9.60. The van der Waals surface area contributed by atoms with Crippen molar-refractivity contribution in [3.63, 3.8) is 0 Å². The van der Waals surface area contributed by atoms with Gasteiger partial charge >= 0.3 is 0 Å². The van der Waals surface area contributed by atoms with E-state index in [9.17, 15) is 0 Å². The molecule has 0 amide bonds. The van der Waals surface area contributed by atoms with Crippen LogP contribution in [0.1, 0.15) is 33.6 Å². The van der Waals surface area contributed by atoms with Crippen LogP contribution in [-0.4, -0.2) is 42.4 Å². The predicted molar refractivity (Wildman–Crippen MR) is 57.2 cm³/mol. The van der Waals surface area contributed by atoms with E-state index in [0.717, 1.165) is 39.1 Å². The normalized spacial score (nSPS) is 28.5. The van der Waals surface area contributed by atoms with E-state index in [2.05, 4.69) is 31.0 Å². The molecule has 0 bridgehead atoms. The van der Waals surface area contributed by atoms with Crippen LogP contribution in [0.15, 0.2) is 0 Å². The smallest absolute Gasteiger partial charge is 0.124 e. The molecule has 2 aliphatic heterocycles. The Hall–Kier alpha value is -0.120. The molecule has 82 valence electrons. The van der Waals surface area contributed by atoms with E-state index in [4.69, 9.17) is 4.74 Å². The summed E-state index contributed by atoms with van der Waals surface area (Å²) < 4.78 is 6.01. The average Bonchev–Trinajstić information content (AvgIpc) is 2.49. The lowest BCUT2D eigenvalue weighted by atomic mass is 9.94. The molecule has 2 fully saturated rings. The van der Waals surface area contributed by atoms with Crippen LogP contribution in [0.5, 0.6) is 0 Å². The van der Waals surface area contributed by atoms with Crippen LogP contribution < -0.4 is 5.32 Å². The van der Waals surface area contributed by atoms with Crippen LogP contribution >= 0.6 is 0 Å². The van der Waals surface area contributed by atoms with Gasteiger partial charge in [0.25, 0.3) is 0 Å². The lowest BCUT2D eigenvalue weighted by molar-refractivity contribution is -0.131.